The van der Waals surface area contributed by atoms with Crippen LogP contribution in [0.2, 0.25) is 0 Å². The van der Waals surface area contributed by atoms with Crippen molar-refractivity contribution in [2.45, 2.75) is 71.3 Å². The topological polar surface area (TPSA) is 81.5 Å². The Balaban J connectivity index is 1.58. The Bertz CT molecular complexity index is 945. The summed E-state index contributed by atoms with van der Waals surface area (Å²) in [5.74, 6) is -0.615. The molecule has 1 fully saturated rings. The van der Waals surface area contributed by atoms with Crippen molar-refractivity contribution in [3.8, 4) is 0 Å². The number of likely N-dealkylation sites (tertiary alicyclic amines) is 1. The van der Waals surface area contributed by atoms with Crippen molar-refractivity contribution in [2.75, 3.05) is 19.7 Å². The average molecular weight is 428 g/mol. The van der Waals surface area contributed by atoms with Crippen LogP contribution in [0.25, 0.3) is 11.0 Å². The number of para-hydroxylation sites is 2. The second-order valence-corrected chi connectivity index (χ2v) is 8.17. The number of aromatic nitrogens is 2. The summed E-state index contributed by atoms with van der Waals surface area (Å²) in [7, 11) is 0. The van der Waals surface area contributed by atoms with E-state index < -0.39 is 5.97 Å². The lowest BCUT2D eigenvalue weighted by molar-refractivity contribution is -0.152. The molecule has 2 aromatic rings. The van der Waals surface area contributed by atoms with Crippen LogP contribution >= 0.6 is 0 Å². The molecule has 0 spiro atoms. The molecule has 7 heteroatoms. The Kier molecular flexibility index (Phi) is 8.62. The minimum atomic E-state index is -0.477. The van der Waals surface area contributed by atoms with E-state index in [0.29, 0.717) is 12.2 Å². The van der Waals surface area contributed by atoms with Crippen LogP contribution in [-0.2, 0) is 27.3 Å². The average Bonchev–Trinajstić information content (AvgIpc) is 2.75. The molecule has 1 saturated heterocycles. The number of benzene rings is 1. The van der Waals surface area contributed by atoms with E-state index in [1.54, 1.807) is 9.47 Å². The summed E-state index contributed by atoms with van der Waals surface area (Å²) in [5, 5.41) is 0. The number of carbonyl (C=O) groups excluding carboxylic acids is 2. The zero-order valence-corrected chi connectivity index (χ0v) is 18.5. The van der Waals surface area contributed by atoms with Crippen molar-refractivity contribution in [2.24, 2.45) is 0 Å². The van der Waals surface area contributed by atoms with Crippen LogP contribution in [0, 0.1) is 0 Å². The first-order chi connectivity index (χ1) is 15.1. The monoisotopic (exact) mass is 427 g/mol. The Hall–Kier alpha value is -2.70. The molecule has 0 unspecified atom stereocenters. The van der Waals surface area contributed by atoms with Gasteiger partial charge in [0.05, 0.1) is 17.5 Å². The highest BCUT2D eigenvalue weighted by molar-refractivity contribution is 5.80. The lowest BCUT2D eigenvalue weighted by atomic mass is 10.1. The van der Waals surface area contributed by atoms with Gasteiger partial charge in [-0.15, -0.1) is 0 Å². The van der Waals surface area contributed by atoms with E-state index in [2.05, 4.69) is 11.9 Å². The van der Waals surface area contributed by atoms with Crippen LogP contribution in [0.4, 0.5) is 0 Å². The zero-order valence-electron chi connectivity index (χ0n) is 18.5. The minimum Gasteiger partial charge on any atom is -0.456 e. The fraction of sp³-hybridized carbons (Fsp3) is 0.583. The molecule has 1 aromatic carbocycles. The van der Waals surface area contributed by atoms with Crippen LogP contribution in [0.1, 0.15) is 64.0 Å². The molecule has 3 rings (SSSR count). The zero-order chi connectivity index (χ0) is 22.1. The number of nitrogens with zero attached hydrogens (tertiary/aromatic N) is 3. The van der Waals surface area contributed by atoms with Gasteiger partial charge in [-0.1, -0.05) is 44.7 Å². The first-order valence-corrected chi connectivity index (χ1v) is 11.5. The van der Waals surface area contributed by atoms with E-state index >= 15 is 0 Å². The van der Waals surface area contributed by atoms with E-state index in [0.717, 1.165) is 62.6 Å². The lowest BCUT2D eigenvalue weighted by Gasteiger charge is -2.24. The van der Waals surface area contributed by atoms with Crippen molar-refractivity contribution in [1.29, 1.82) is 0 Å². The number of unbranched alkanes of at least 4 members (excludes halogenated alkanes) is 1. The summed E-state index contributed by atoms with van der Waals surface area (Å²) >= 11 is 0. The standard InChI is InChI=1S/C24H33N3O4/c1-2-3-17-27-21-12-8-7-11-19(21)25-20(24(27)30)13-14-23(29)31-18-22(28)26-15-9-5-4-6-10-16-26/h7-8,11-12H,2-6,9-10,13-18H2,1H3. The van der Waals surface area contributed by atoms with Crippen molar-refractivity contribution in [1.82, 2.24) is 14.5 Å². The second-order valence-electron chi connectivity index (χ2n) is 8.17. The number of hydrogen-bond donors (Lipinski definition) is 0. The molecule has 2 heterocycles. The van der Waals surface area contributed by atoms with Gasteiger partial charge in [0.1, 0.15) is 5.69 Å². The molecule has 7 nitrogen and oxygen atoms in total. The predicted octanol–water partition coefficient (Wildman–Crippen LogP) is 3.47. The van der Waals surface area contributed by atoms with Gasteiger partial charge in [0.15, 0.2) is 6.61 Å². The Morgan fingerprint density at radius 2 is 1.77 bits per heavy atom. The first-order valence-electron chi connectivity index (χ1n) is 11.5. The van der Waals surface area contributed by atoms with Crippen molar-refractivity contribution < 1.29 is 14.3 Å². The highest BCUT2D eigenvalue weighted by Gasteiger charge is 2.18. The molecular formula is C24H33N3O4. The van der Waals surface area contributed by atoms with Gasteiger partial charge in [-0.05, 0) is 31.4 Å². The normalized spacial score (nSPS) is 14.8. The van der Waals surface area contributed by atoms with Gasteiger partial charge in [-0.2, -0.15) is 0 Å². The van der Waals surface area contributed by atoms with Gasteiger partial charge in [0, 0.05) is 26.1 Å². The van der Waals surface area contributed by atoms with Crippen LogP contribution in [-0.4, -0.2) is 46.0 Å². The van der Waals surface area contributed by atoms with Crippen molar-refractivity contribution >= 4 is 22.9 Å². The van der Waals surface area contributed by atoms with Crippen molar-refractivity contribution in [3.63, 3.8) is 0 Å². The quantitative estimate of drug-likeness (QED) is 0.603. The van der Waals surface area contributed by atoms with E-state index in [-0.39, 0.29) is 30.9 Å². The molecule has 0 aliphatic carbocycles. The number of carbonyl (C=O) groups is 2. The Morgan fingerprint density at radius 3 is 2.52 bits per heavy atom. The number of amides is 1. The van der Waals surface area contributed by atoms with E-state index in [1.165, 1.54) is 6.42 Å². The molecule has 0 radical (unpaired) electrons. The SMILES string of the molecule is CCCCn1c(=O)c(CCC(=O)OCC(=O)N2CCCCCCC2)nc2ccccc21. The molecule has 0 bridgehead atoms. The predicted molar refractivity (Wildman–Crippen MR) is 120 cm³/mol. The number of fused-ring (bicyclic) bond motifs is 1. The third-order valence-electron chi connectivity index (χ3n) is 5.79. The van der Waals surface area contributed by atoms with E-state index in [1.807, 2.05) is 24.3 Å². The van der Waals surface area contributed by atoms with Gasteiger partial charge in [-0.3, -0.25) is 14.4 Å². The molecule has 1 aromatic heterocycles. The molecule has 31 heavy (non-hydrogen) atoms. The highest BCUT2D eigenvalue weighted by Crippen LogP contribution is 2.13. The fourth-order valence-corrected chi connectivity index (χ4v) is 3.97. The summed E-state index contributed by atoms with van der Waals surface area (Å²) in [6, 6.07) is 7.55. The van der Waals surface area contributed by atoms with Crippen LogP contribution in [0.5, 0.6) is 0 Å². The fourth-order valence-electron chi connectivity index (χ4n) is 3.97. The van der Waals surface area contributed by atoms with E-state index in [9.17, 15) is 14.4 Å². The number of ether oxygens (including phenoxy) is 1. The molecule has 1 aliphatic rings. The molecular weight excluding hydrogens is 394 g/mol. The lowest BCUT2D eigenvalue weighted by Crippen LogP contribution is -2.37. The Labute approximate surface area is 183 Å². The summed E-state index contributed by atoms with van der Waals surface area (Å²) in [4.78, 5) is 43.8. The van der Waals surface area contributed by atoms with Gasteiger partial charge in [0.25, 0.3) is 11.5 Å². The number of rotatable bonds is 8. The van der Waals surface area contributed by atoms with Gasteiger partial charge < -0.3 is 14.2 Å². The maximum Gasteiger partial charge on any atom is 0.306 e. The number of esters is 1. The van der Waals surface area contributed by atoms with Gasteiger partial charge >= 0.3 is 5.97 Å². The van der Waals surface area contributed by atoms with Gasteiger partial charge in [0.2, 0.25) is 0 Å². The number of hydrogen-bond acceptors (Lipinski definition) is 5. The third-order valence-corrected chi connectivity index (χ3v) is 5.79. The Morgan fingerprint density at radius 1 is 1.06 bits per heavy atom. The third kappa shape index (κ3) is 6.39. The molecule has 0 saturated carbocycles. The van der Waals surface area contributed by atoms with Crippen LogP contribution in [0.3, 0.4) is 0 Å². The maximum absolute atomic E-state index is 12.9. The summed E-state index contributed by atoms with van der Waals surface area (Å²) < 4.78 is 6.95. The minimum absolute atomic E-state index is 0.0294. The summed E-state index contributed by atoms with van der Waals surface area (Å²) in [5.41, 5.74) is 1.76. The van der Waals surface area contributed by atoms with Gasteiger partial charge in [-0.25, -0.2) is 4.98 Å². The second kappa shape index (κ2) is 11.6. The molecule has 1 aliphatic heterocycles. The smallest absolute Gasteiger partial charge is 0.306 e. The largest absolute Gasteiger partial charge is 0.456 e. The molecule has 0 N–H and O–H groups in total. The molecule has 0 atom stereocenters. The molecule has 168 valence electrons. The molecule has 1 amide bonds. The van der Waals surface area contributed by atoms with Crippen LogP contribution < -0.4 is 5.56 Å². The summed E-state index contributed by atoms with van der Waals surface area (Å²) in [6.07, 6.45) is 7.60. The highest BCUT2D eigenvalue weighted by atomic mass is 16.5. The van der Waals surface area contributed by atoms with Crippen molar-refractivity contribution in [3.05, 3.63) is 40.3 Å². The summed E-state index contributed by atoms with van der Waals surface area (Å²) in [6.45, 7) is 3.94. The van der Waals surface area contributed by atoms with E-state index in [4.69, 9.17) is 4.74 Å². The number of aryl methyl sites for hydroxylation is 2. The van der Waals surface area contributed by atoms with Crippen LogP contribution in [0.15, 0.2) is 29.1 Å². The maximum atomic E-state index is 12.9. The first kappa shape index (κ1) is 23.0.